The van der Waals surface area contributed by atoms with Crippen molar-refractivity contribution in [3.8, 4) is 5.75 Å². The molecule has 1 aliphatic carbocycles. The Morgan fingerprint density at radius 2 is 2.14 bits per heavy atom. The maximum atomic E-state index is 11.4. The Morgan fingerprint density at radius 1 is 1.33 bits per heavy atom. The maximum absolute atomic E-state index is 11.4. The lowest BCUT2D eigenvalue weighted by Gasteiger charge is -2.28. The predicted octanol–water partition coefficient (Wildman–Crippen LogP) is 3.08. The minimum Gasteiger partial charge on any atom is -0.482 e. The highest BCUT2D eigenvalue weighted by atomic mass is 16.5. The Labute approximate surface area is 126 Å². The molecule has 21 heavy (non-hydrogen) atoms. The fraction of sp³-hybridized carbons (Fsp3) is 0.588. The molecule has 1 saturated carbocycles. The highest BCUT2D eigenvalue weighted by Crippen LogP contribution is 2.29. The normalized spacial score (nSPS) is 20.3. The third kappa shape index (κ3) is 3.56. The van der Waals surface area contributed by atoms with E-state index in [-0.39, 0.29) is 12.5 Å². The van der Waals surface area contributed by atoms with Crippen LogP contribution in [0.5, 0.6) is 5.75 Å². The van der Waals surface area contributed by atoms with Gasteiger partial charge < -0.3 is 15.4 Å². The van der Waals surface area contributed by atoms with Crippen LogP contribution in [0.25, 0.3) is 0 Å². The van der Waals surface area contributed by atoms with E-state index in [1.807, 2.05) is 12.1 Å². The molecule has 1 heterocycles. The molecule has 114 valence electrons. The van der Waals surface area contributed by atoms with Crippen LogP contribution in [0.2, 0.25) is 0 Å². The predicted molar refractivity (Wildman–Crippen MR) is 83.4 cm³/mol. The van der Waals surface area contributed by atoms with Crippen molar-refractivity contribution < 1.29 is 9.53 Å². The first-order valence-electron chi connectivity index (χ1n) is 8.01. The molecule has 4 heteroatoms. The molecule has 0 unspecified atom stereocenters. The van der Waals surface area contributed by atoms with Crippen molar-refractivity contribution in [1.82, 2.24) is 5.32 Å². The summed E-state index contributed by atoms with van der Waals surface area (Å²) in [5, 5.41) is 6.49. The van der Waals surface area contributed by atoms with Crippen LogP contribution in [0.15, 0.2) is 18.2 Å². The van der Waals surface area contributed by atoms with Gasteiger partial charge in [-0.25, -0.2) is 0 Å². The Kier molecular flexibility index (Phi) is 4.44. The summed E-state index contributed by atoms with van der Waals surface area (Å²) in [7, 11) is 0. The number of carbonyl (C=O) groups excluding carboxylic acids is 1. The number of benzene rings is 1. The molecule has 1 amide bonds. The Hall–Kier alpha value is -1.55. The topological polar surface area (TPSA) is 50.4 Å². The van der Waals surface area contributed by atoms with Crippen molar-refractivity contribution in [2.75, 3.05) is 11.9 Å². The number of fused-ring (bicyclic) bond motifs is 1. The molecule has 0 bridgehead atoms. The fourth-order valence-corrected chi connectivity index (χ4v) is 3.32. The van der Waals surface area contributed by atoms with Gasteiger partial charge in [-0.1, -0.05) is 25.3 Å². The first-order chi connectivity index (χ1) is 10.2. The van der Waals surface area contributed by atoms with Crippen LogP contribution in [-0.2, 0) is 11.3 Å². The van der Waals surface area contributed by atoms with Crippen LogP contribution in [0, 0.1) is 5.92 Å². The molecule has 1 aromatic rings. The lowest BCUT2D eigenvalue weighted by Crippen LogP contribution is -2.34. The van der Waals surface area contributed by atoms with Crippen LogP contribution >= 0.6 is 0 Å². The molecule has 1 fully saturated rings. The number of rotatable bonds is 4. The van der Waals surface area contributed by atoms with Crippen LogP contribution in [0.1, 0.15) is 44.6 Å². The third-order valence-corrected chi connectivity index (χ3v) is 4.66. The highest BCUT2D eigenvalue weighted by Gasteiger charge is 2.20. The Bertz CT molecular complexity index is 510. The number of ether oxygens (including phenoxy) is 1. The van der Waals surface area contributed by atoms with Crippen LogP contribution in [0.3, 0.4) is 0 Å². The first-order valence-corrected chi connectivity index (χ1v) is 8.01. The molecule has 2 N–H and O–H groups in total. The molecule has 2 aliphatic rings. The van der Waals surface area contributed by atoms with Gasteiger partial charge >= 0.3 is 0 Å². The summed E-state index contributed by atoms with van der Waals surface area (Å²) in [4.78, 5) is 11.4. The lowest BCUT2D eigenvalue weighted by molar-refractivity contribution is -0.118. The summed E-state index contributed by atoms with van der Waals surface area (Å²) in [6.07, 6.45) is 6.84. The number of hydrogen-bond acceptors (Lipinski definition) is 3. The molecule has 3 rings (SSSR count). The van der Waals surface area contributed by atoms with Crippen molar-refractivity contribution in [2.45, 2.75) is 51.6 Å². The summed E-state index contributed by atoms with van der Waals surface area (Å²) in [6, 6.07) is 6.56. The fourth-order valence-electron chi connectivity index (χ4n) is 3.32. The third-order valence-electron chi connectivity index (χ3n) is 4.66. The molecular formula is C17H24N2O2. The average Bonchev–Trinajstić information content (AvgIpc) is 2.53. The summed E-state index contributed by atoms with van der Waals surface area (Å²) in [5.41, 5.74) is 1.97. The van der Waals surface area contributed by atoms with E-state index in [2.05, 4.69) is 23.6 Å². The number of hydrogen-bond donors (Lipinski definition) is 2. The van der Waals surface area contributed by atoms with E-state index in [9.17, 15) is 4.79 Å². The zero-order valence-corrected chi connectivity index (χ0v) is 12.7. The van der Waals surface area contributed by atoms with Gasteiger partial charge in [0.25, 0.3) is 5.91 Å². The zero-order valence-electron chi connectivity index (χ0n) is 12.7. The van der Waals surface area contributed by atoms with Crippen LogP contribution in [-0.4, -0.2) is 18.6 Å². The Balaban J connectivity index is 1.57. The summed E-state index contributed by atoms with van der Waals surface area (Å²) >= 11 is 0. The van der Waals surface area contributed by atoms with E-state index in [4.69, 9.17) is 4.74 Å². The lowest BCUT2D eigenvalue weighted by atomic mass is 9.84. The van der Waals surface area contributed by atoms with E-state index in [0.717, 1.165) is 23.9 Å². The minimum atomic E-state index is -0.0804. The molecule has 0 radical (unpaired) electrons. The summed E-state index contributed by atoms with van der Waals surface area (Å²) < 4.78 is 5.38. The number of nitrogens with one attached hydrogen (secondary N) is 2. The second kappa shape index (κ2) is 6.48. The van der Waals surface area contributed by atoms with Gasteiger partial charge in [0.05, 0.1) is 5.69 Å². The minimum absolute atomic E-state index is 0.0804. The standard InChI is InChI=1S/C17H24N2O2/c1-12(14-5-3-2-4-6-14)18-10-13-7-8-16-15(9-13)19-17(20)11-21-16/h7-9,12,14,18H,2-6,10-11H2,1H3,(H,19,20)/t12-/m0/s1. The van der Waals surface area contributed by atoms with E-state index >= 15 is 0 Å². The monoisotopic (exact) mass is 288 g/mol. The number of amides is 1. The van der Waals surface area contributed by atoms with Crippen LogP contribution < -0.4 is 15.4 Å². The Morgan fingerprint density at radius 3 is 2.95 bits per heavy atom. The average molecular weight is 288 g/mol. The molecule has 0 aromatic heterocycles. The molecule has 0 saturated heterocycles. The van der Waals surface area contributed by atoms with Gasteiger partial charge in [0.15, 0.2) is 6.61 Å². The van der Waals surface area contributed by atoms with E-state index in [1.54, 1.807) is 0 Å². The van der Waals surface area contributed by atoms with Gasteiger partial charge in [0.2, 0.25) is 0 Å². The van der Waals surface area contributed by atoms with E-state index in [0.29, 0.717) is 6.04 Å². The second-order valence-corrected chi connectivity index (χ2v) is 6.24. The number of carbonyl (C=O) groups is 1. The summed E-state index contributed by atoms with van der Waals surface area (Å²) in [5.74, 6) is 1.49. The van der Waals surface area contributed by atoms with Crippen molar-refractivity contribution >= 4 is 11.6 Å². The second-order valence-electron chi connectivity index (χ2n) is 6.24. The van der Waals surface area contributed by atoms with E-state index in [1.165, 1.54) is 37.7 Å². The quantitative estimate of drug-likeness (QED) is 0.895. The zero-order chi connectivity index (χ0) is 14.7. The molecule has 1 aromatic carbocycles. The smallest absolute Gasteiger partial charge is 0.262 e. The van der Waals surface area contributed by atoms with Gasteiger partial charge in [0.1, 0.15) is 5.75 Å². The largest absolute Gasteiger partial charge is 0.482 e. The SMILES string of the molecule is C[C@H](NCc1ccc2c(c1)NC(=O)CO2)C1CCCCC1. The van der Waals surface area contributed by atoms with Crippen molar-refractivity contribution in [3.63, 3.8) is 0 Å². The first kappa shape index (κ1) is 14.4. The molecule has 4 nitrogen and oxygen atoms in total. The van der Waals surface area contributed by atoms with Crippen molar-refractivity contribution in [2.24, 2.45) is 5.92 Å². The van der Waals surface area contributed by atoms with E-state index < -0.39 is 0 Å². The van der Waals surface area contributed by atoms with Crippen molar-refractivity contribution in [1.29, 1.82) is 0 Å². The van der Waals surface area contributed by atoms with Gasteiger partial charge in [-0.15, -0.1) is 0 Å². The van der Waals surface area contributed by atoms with Gasteiger partial charge in [0, 0.05) is 12.6 Å². The van der Waals surface area contributed by atoms with Crippen LogP contribution in [0.4, 0.5) is 5.69 Å². The number of anilines is 1. The maximum Gasteiger partial charge on any atom is 0.262 e. The molecule has 1 aliphatic heterocycles. The van der Waals surface area contributed by atoms with Gasteiger partial charge in [-0.2, -0.15) is 0 Å². The molecular weight excluding hydrogens is 264 g/mol. The highest BCUT2D eigenvalue weighted by molar-refractivity contribution is 5.95. The van der Waals surface area contributed by atoms with Gasteiger partial charge in [-0.05, 0) is 43.4 Å². The molecule has 0 spiro atoms. The van der Waals surface area contributed by atoms with Gasteiger partial charge in [-0.3, -0.25) is 4.79 Å². The molecule has 1 atom stereocenters. The van der Waals surface area contributed by atoms with Crippen molar-refractivity contribution in [3.05, 3.63) is 23.8 Å². The summed E-state index contributed by atoms with van der Waals surface area (Å²) in [6.45, 7) is 3.24.